The number of methoxy groups -OCH3 is 1. The Kier molecular flexibility index (Phi) is 7.70. The number of sulfonamides is 1. The molecule has 1 fully saturated rings. The highest BCUT2D eigenvalue weighted by atomic mass is 32.2. The van der Waals surface area contributed by atoms with Crippen molar-refractivity contribution < 1.29 is 31.9 Å². The van der Waals surface area contributed by atoms with E-state index in [1.807, 2.05) is 6.92 Å². The maximum absolute atomic E-state index is 13.4. The minimum Gasteiger partial charge on any atom is -0.495 e. The summed E-state index contributed by atoms with van der Waals surface area (Å²) in [6, 6.07) is 7.73. The number of esters is 1. The number of piperidine rings is 1. The number of anilines is 1. The van der Waals surface area contributed by atoms with Crippen LogP contribution in [0.1, 0.15) is 42.1 Å². The molecule has 1 aliphatic rings. The van der Waals surface area contributed by atoms with Crippen molar-refractivity contribution in [1.29, 1.82) is 0 Å². The third-order valence-corrected chi connectivity index (χ3v) is 7.57. The molecule has 0 spiro atoms. The van der Waals surface area contributed by atoms with E-state index in [4.69, 9.17) is 9.47 Å². The van der Waals surface area contributed by atoms with Crippen molar-refractivity contribution in [1.82, 2.24) is 4.31 Å². The second-order valence-electron chi connectivity index (χ2n) is 7.91. The number of halogens is 1. The van der Waals surface area contributed by atoms with E-state index in [9.17, 15) is 22.4 Å². The largest absolute Gasteiger partial charge is 0.495 e. The number of amides is 1. The highest BCUT2D eigenvalue weighted by Crippen LogP contribution is 2.31. The number of carbonyl (C=O) groups excluding carboxylic acids is 2. The van der Waals surface area contributed by atoms with Gasteiger partial charge in [0.1, 0.15) is 16.5 Å². The van der Waals surface area contributed by atoms with Gasteiger partial charge in [-0.15, -0.1) is 0 Å². The Balaban J connectivity index is 1.74. The molecule has 1 N–H and O–H groups in total. The molecule has 0 aliphatic carbocycles. The third kappa shape index (κ3) is 5.69. The van der Waals surface area contributed by atoms with Gasteiger partial charge in [-0.25, -0.2) is 17.6 Å². The Hall–Kier alpha value is -2.98. The third-order valence-electron chi connectivity index (χ3n) is 5.54. The molecular weight excluding hydrogens is 451 g/mol. The summed E-state index contributed by atoms with van der Waals surface area (Å²) in [5.41, 5.74) is 0.881. The molecule has 1 heterocycles. The number of carbonyl (C=O) groups is 2. The Bertz CT molecular complexity index is 1150. The number of benzene rings is 2. The fourth-order valence-corrected chi connectivity index (χ4v) is 5.57. The van der Waals surface area contributed by atoms with Crippen LogP contribution >= 0.6 is 0 Å². The smallest absolute Gasteiger partial charge is 0.338 e. The SMILES string of the molecule is COc1ccc(C(=O)OCC(=O)Nc2cc(F)ccc2C)cc1S(=O)(=O)N1CCCC[C@@H]1C. The number of hydrogen-bond donors (Lipinski definition) is 1. The minimum atomic E-state index is -3.91. The van der Waals surface area contributed by atoms with E-state index in [-0.39, 0.29) is 27.9 Å². The van der Waals surface area contributed by atoms with E-state index >= 15 is 0 Å². The van der Waals surface area contributed by atoms with Gasteiger partial charge in [-0.3, -0.25) is 4.79 Å². The van der Waals surface area contributed by atoms with Crippen LogP contribution in [-0.2, 0) is 19.6 Å². The molecule has 2 aromatic carbocycles. The Morgan fingerprint density at radius 2 is 1.94 bits per heavy atom. The summed E-state index contributed by atoms with van der Waals surface area (Å²) in [6.07, 6.45) is 2.46. The standard InChI is InChI=1S/C23H27FN2O6S/c1-15-7-9-18(24)13-19(15)25-22(27)14-32-23(28)17-8-10-20(31-3)21(12-17)33(29,30)26-11-5-4-6-16(26)2/h7-10,12-13,16H,4-6,11,14H2,1-3H3,(H,25,27)/t16-/m0/s1. The zero-order valence-electron chi connectivity index (χ0n) is 18.8. The van der Waals surface area contributed by atoms with Crippen LogP contribution in [0.15, 0.2) is 41.3 Å². The van der Waals surface area contributed by atoms with E-state index in [1.54, 1.807) is 6.92 Å². The number of nitrogens with one attached hydrogen (secondary N) is 1. The summed E-state index contributed by atoms with van der Waals surface area (Å²) in [6.45, 7) is 3.32. The number of ether oxygens (including phenoxy) is 2. The van der Waals surface area contributed by atoms with Crippen LogP contribution in [0.25, 0.3) is 0 Å². The molecule has 0 radical (unpaired) electrons. The van der Waals surface area contributed by atoms with E-state index < -0.39 is 34.3 Å². The molecule has 1 saturated heterocycles. The van der Waals surface area contributed by atoms with Gasteiger partial charge in [-0.1, -0.05) is 12.5 Å². The fraction of sp³-hybridized carbons (Fsp3) is 0.391. The van der Waals surface area contributed by atoms with Gasteiger partial charge in [0, 0.05) is 18.3 Å². The van der Waals surface area contributed by atoms with Gasteiger partial charge >= 0.3 is 5.97 Å². The summed E-state index contributed by atoms with van der Waals surface area (Å²) in [5.74, 6) is -1.92. The zero-order chi connectivity index (χ0) is 24.2. The number of aryl methyl sites for hydroxylation is 1. The molecule has 3 rings (SSSR count). The Morgan fingerprint density at radius 3 is 2.64 bits per heavy atom. The maximum atomic E-state index is 13.4. The average Bonchev–Trinajstić information content (AvgIpc) is 2.79. The lowest BCUT2D eigenvalue weighted by atomic mass is 10.1. The van der Waals surface area contributed by atoms with Crippen molar-refractivity contribution in [2.24, 2.45) is 0 Å². The first-order chi connectivity index (χ1) is 15.6. The topological polar surface area (TPSA) is 102 Å². The first kappa shape index (κ1) is 24.7. The van der Waals surface area contributed by atoms with Gasteiger partial charge in [-0.05, 0) is 62.6 Å². The molecule has 0 unspecified atom stereocenters. The highest BCUT2D eigenvalue weighted by Gasteiger charge is 2.33. The van der Waals surface area contributed by atoms with Gasteiger partial charge in [0.2, 0.25) is 10.0 Å². The summed E-state index contributed by atoms with van der Waals surface area (Å²) in [4.78, 5) is 24.5. The number of nitrogens with zero attached hydrogens (tertiary/aromatic N) is 1. The van der Waals surface area contributed by atoms with Gasteiger partial charge in [0.05, 0.1) is 12.7 Å². The first-order valence-electron chi connectivity index (χ1n) is 10.6. The van der Waals surface area contributed by atoms with Crippen LogP contribution in [-0.4, -0.2) is 50.9 Å². The summed E-state index contributed by atoms with van der Waals surface area (Å²) in [7, 11) is -2.55. The van der Waals surface area contributed by atoms with Crippen LogP contribution in [0.3, 0.4) is 0 Å². The summed E-state index contributed by atoms with van der Waals surface area (Å²) < 4.78 is 51.6. The van der Waals surface area contributed by atoms with Crippen LogP contribution in [0, 0.1) is 12.7 Å². The van der Waals surface area contributed by atoms with Crippen molar-refractivity contribution in [2.75, 3.05) is 25.6 Å². The van der Waals surface area contributed by atoms with E-state index in [0.29, 0.717) is 12.1 Å². The predicted molar refractivity (Wildman–Crippen MR) is 120 cm³/mol. The lowest BCUT2D eigenvalue weighted by molar-refractivity contribution is -0.119. The van der Waals surface area contributed by atoms with Crippen LogP contribution in [0.4, 0.5) is 10.1 Å². The molecule has 1 amide bonds. The van der Waals surface area contributed by atoms with Crippen LogP contribution in [0.2, 0.25) is 0 Å². The van der Waals surface area contributed by atoms with Gasteiger partial charge < -0.3 is 14.8 Å². The van der Waals surface area contributed by atoms with Crippen molar-refractivity contribution in [3.05, 3.63) is 53.3 Å². The lowest BCUT2D eigenvalue weighted by Gasteiger charge is -2.32. The first-order valence-corrected chi connectivity index (χ1v) is 12.0. The molecule has 2 aromatic rings. The fourth-order valence-electron chi connectivity index (χ4n) is 3.69. The quantitative estimate of drug-likeness (QED) is 0.611. The molecule has 1 atom stereocenters. The van der Waals surface area contributed by atoms with Crippen LogP contribution < -0.4 is 10.1 Å². The van der Waals surface area contributed by atoms with Crippen molar-refractivity contribution in [3.63, 3.8) is 0 Å². The minimum absolute atomic E-state index is 0.0335. The van der Waals surface area contributed by atoms with Crippen molar-refractivity contribution in [3.8, 4) is 5.75 Å². The average molecular weight is 479 g/mol. The predicted octanol–water partition coefficient (Wildman–Crippen LogP) is 3.50. The molecule has 178 valence electrons. The van der Waals surface area contributed by atoms with Gasteiger partial charge in [0.15, 0.2) is 6.61 Å². The Labute approximate surface area is 192 Å². The number of rotatable bonds is 7. The second kappa shape index (κ2) is 10.3. The van der Waals surface area contributed by atoms with Crippen LogP contribution in [0.5, 0.6) is 5.75 Å². The Morgan fingerprint density at radius 1 is 1.18 bits per heavy atom. The van der Waals surface area contributed by atoms with Gasteiger partial charge in [0.25, 0.3) is 5.91 Å². The molecule has 33 heavy (non-hydrogen) atoms. The normalized spacial score (nSPS) is 16.8. The molecule has 0 aromatic heterocycles. The summed E-state index contributed by atoms with van der Waals surface area (Å²) in [5, 5.41) is 2.48. The van der Waals surface area contributed by atoms with E-state index in [2.05, 4.69) is 5.32 Å². The molecule has 1 aliphatic heterocycles. The lowest BCUT2D eigenvalue weighted by Crippen LogP contribution is -2.42. The zero-order valence-corrected chi connectivity index (χ0v) is 19.6. The second-order valence-corrected chi connectivity index (χ2v) is 9.77. The van der Waals surface area contributed by atoms with Crippen molar-refractivity contribution >= 4 is 27.6 Å². The van der Waals surface area contributed by atoms with E-state index in [0.717, 1.165) is 25.3 Å². The molecule has 10 heteroatoms. The summed E-state index contributed by atoms with van der Waals surface area (Å²) >= 11 is 0. The van der Waals surface area contributed by atoms with Crippen molar-refractivity contribution in [2.45, 2.75) is 44.0 Å². The van der Waals surface area contributed by atoms with E-state index in [1.165, 1.54) is 41.7 Å². The van der Waals surface area contributed by atoms with Gasteiger partial charge in [-0.2, -0.15) is 4.31 Å². The number of hydrogen-bond acceptors (Lipinski definition) is 6. The molecular formula is C23H27FN2O6S. The molecule has 0 bridgehead atoms. The molecule has 8 nitrogen and oxygen atoms in total. The molecule has 0 saturated carbocycles. The maximum Gasteiger partial charge on any atom is 0.338 e. The highest BCUT2D eigenvalue weighted by molar-refractivity contribution is 7.89. The monoisotopic (exact) mass is 478 g/mol.